The normalized spacial score (nSPS) is 25.3. The molecular weight excluding hydrogens is 442 g/mol. The van der Waals surface area contributed by atoms with Gasteiger partial charge in [0.15, 0.2) is 0 Å². The number of halogens is 1. The fourth-order valence-corrected chi connectivity index (χ4v) is 5.71. The van der Waals surface area contributed by atoms with E-state index in [1.54, 1.807) is 29.5 Å². The van der Waals surface area contributed by atoms with E-state index in [0.717, 1.165) is 27.9 Å². The molecule has 1 aromatic rings. The SMILES string of the molecule is C/N=C/[C@H](Cc1ccc(Br)s1)NC(=O)[C@@H]1[C@H]2CC[C@H](C2)N1C(=O)OC(C)(C)C. The third kappa shape index (κ3) is 4.95. The fraction of sp³-hybridized carbons (Fsp3) is 0.650. The average molecular weight is 470 g/mol. The number of nitrogens with zero attached hydrogens (tertiary/aromatic N) is 2. The van der Waals surface area contributed by atoms with Crippen molar-refractivity contribution in [3.8, 4) is 0 Å². The number of fused-ring (bicyclic) bond motifs is 2. The Morgan fingerprint density at radius 3 is 2.79 bits per heavy atom. The maximum Gasteiger partial charge on any atom is 0.411 e. The number of nitrogens with one attached hydrogen (secondary N) is 1. The van der Waals surface area contributed by atoms with E-state index in [1.165, 1.54) is 0 Å². The molecule has 28 heavy (non-hydrogen) atoms. The molecular formula is C20H28BrN3O3S. The highest BCUT2D eigenvalue weighted by Gasteiger charge is 2.52. The van der Waals surface area contributed by atoms with Gasteiger partial charge in [-0.05, 0) is 74.0 Å². The van der Waals surface area contributed by atoms with Crippen molar-refractivity contribution in [3.05, 3.63) is 20.8 Å². The molecule has 2 fully saturated rings. The summed E-state index contributed by atoms with van der Waals surface area (Å²) in [7, 11) is 1.70. The predicted molar refractivity (Wildman–Crippen MR) is 115 cm³/mol. The summed E-state index contributed by atoms with van der Waals surface area (Å²) in [5, 5.41) is 3.10. The molecule has 2 aliphatic rings. The van der Waals surface area contributed by atoms with Gasteiger partial charge in [0.25, 0.3) is 0 Å². The highest BCUT2D eigenvalue weighted by Crippen LogP contribution is 2.43. The molecule has 8 heteroatoms. The van der Waals surface area contributed by atoms with Crippen LogP contribution in [0.15, 0.2) is 20.9 Å². The summed E-state index contributed by atoms with van der Waals surface area (Å²) in [5.74, 6) is 0.0891. The minimum Gasteiger partial charge on any atom is -0.444 e. The number of aliphatic imine (C=N–C) groups is 1. The van der Waals surface area contributed by atoms with Crippen LogP contribution in [0.3, 0.4) is 0 Å². The van der Waals surface area contributed by atoms with Crippen LogP contribution >= 0.6 is 27.3 Å². The van der Waals surface area contributed by atoms with Gasteiger partial charge in [0.1, 0.15) is 11.6 Å². The molecule has 0 spiro atoms. The van der Waals surface area contributed by atoms with Crippen molar-refractivity contribution in [2.24, 2.45) is 10.9 Å². The van der Waals surface area contributed by atoms with Crippen molar-refractivity contribution in [2.75, 3.05) is 7.05 Å². The molecule has 2 heterocycles. The van der Waals surface area contributed by atoms with Crippen molar-refractivity contribution in [1.82, 2.24) is 10.2 Å². The second kappa shape index (κ2) is 8.53. The van der Waals surface area contributed by atoms with E-state index in [9.17, 15) is 9.59 Å². The number of rotatable bonds is 5. The molecule has 1 aliphatic carbocycles. The summed E-state index contributed by atoms with van der Waals surface area (Å²) in [6.45, 7) is 5.55. The first kappa shape index (κ1) is 21.3. The summed E-state index contributed by atoms with van der Waals surface area (Å²) in [4.78, 5) is 32.9. The number of ether oxygens (including phenoxy) is 1. The Labute approximate surface area is 178 Å². The Hall–Kier alpha value is -1.41. The summed E-state index contributed by atoms with van der Waals surface area (Å²) < 4.78 is 6.64. The molecule has 0 unspecified atom stereocenters. The van der Waals surface area contributed by atoms with Gasteiger partial charge >= 0.3 is 6.09 Å². The molecule has 2 amide bonds. The van der Waals surface area contributed by atoms with Gasteiger partial charge in [-0.15, -0.1) is 11.3 Å². The first-order chi connectivity index (χ1) is 13.2. The molecule has 1 aromatic heterocycles. The monoisotopic (exact) mass is 469 g/mol. The highest BCUT2D eigenvalue weighted by atomic mass is 79.9. The third-order valence-corrected chi connectivity index (χ3v) is 6.81. The van der Waals surface area contributed by atoms with E-state index in [0.29, 0.717) is 6.42 Å². The number of likely N-dealkylation sites (tertiary alicyclic amines) is 1. The van der Waals surface area contributed by atoms with Gasteiger partial charge in [-0.2, -0.15) is 0 Å². The molecule has 1 aliphatic heterocycles. The summed E-state index contributed by atoms with van der Waals surface area (Å²) in [6, 6.07) is 3.48. The van der Waals surface area contributed by atoms with Crippen LogP contribution in [0.4, 0.5) is 4.79 Å². The standard InChI is InChI=1S/C20H28BrN3O3S/c1-20(2,3)27-19(26)24-14-6-5-12(9-14)17(24)18(25)23-13(11-22-4)10-15-7-8-16(21)28-15/h7-8,11-14,17H,5-6,9-10H2,1-4H3,(H,23,25)/b22-11+/t12-,13-,14+,17-/m0/s1. The Morgan fingerprint density at radius 2 is 2.18 bits per heavy atom. The van der Waals surface area contributed by atoms with Gasteiger partial charge < -0.3 is 10.1 Å². The third-order valence-electron chi connectivity index (χ3n) is 5.16. The molecule has 1 N–H and O–H groups in total. The van der Waals surface area contributed by atoms with Gasteiger partial charge in [-0.3, -0.25) is 14.7 Å². The number of thiophene rings is 1. The molecule has 2 bridgehead atoms. The summed E-state index contributed by atoms with van der Waals surface area (Å²) in [5.41, 5.74) is -0.579. The van der Waals surface area contributed by atoms with Gasteiger partial charge in [-0.25, -0.2) is 4.79 Å². The lowest BCUT2D eigenvalue weighted by molar-refractivity contribution is -0.128. The number of amides is 2. The van der Waals surface area contributed by atoms with E-state index < -0.39 is 11.6 Å². The van der Waals surface area contributed by atoms with Crippen LogP contribution in [0.5, 0.6) is 0 Å². The van der Waals surface area contributed by atoms with E-state index in [4.69, 9.17) is 4.74 Å². The smallest absolute Gasteiger partial charge is 0.411 e. The zero-order valence-corrected chi connectivity index (χ0v) is 19.2. The van der Waals surface area contributed by atoms with Gasteiger partial charge in [0.05, 0.1) is 9.83 Å². The number of piperidine rings is 1. The van der Waals surface area contributed by atoms with Gasteiger partial charge in [0.2, 0.25) is 5.91 Å². The van der Waals surface area contributed by atoms with Crippen LogP contribution in [0.1, 0.15) is 44.9 Å². The zero-order chi connectivity index (χ0) is 20.5. The van der Waals surface area contributed by atoms with E-state index >= 15 is 0 Å². The number of carbonyl (C=O) groups is 2. The Kier molecular flexibility index (Phi) is 6.49. The first-order valence-corrected chi connectivity index (χ1v) is 11.3. The lowest BCUT2D eigenvalue weighted by Crippen LogP contribution is -2.55. The molecule has 0 aromatic carbocycles. The Balaban J connectivity index is 1.72. The zero-order valence-electron chi connectivity index (χ0n) is 16.8. The second-order valence-electron chi connectivity index (χ2n) is 8.49. The topological polar surface area (TPSA) is 71.0 Å². The minimum absolute atomic E-state index is 0.0992. The lowest BCUT2D eigenvalue weighted by Gasteiger charge is -2.36. The van der Waals surface area contributed by atoms with Gasteiger partial charge in [-0.1, -0.05) is 0 Å². The van der Waals surface area contributed by atoms with Crippen LogP contribution in [-0.4, -0.2) is 53.9 Å². The van der Waals surface area contributed by atoms with Crippen LogP contribution < -0.4 is 5.32 Å². The molecule has 1 saturated heterocycles. The van der Waals surface area contributed by atoms with Crippen LogP contribution in [0.25, 0.3) is 0 Å². The van der Waals surface area contributed by atoms with Crippen LogP contribution in [0, 0.1) is 5.92 Å². The number of hydrogen-bond donors (Lipinski definition) is 1. The fourth-order valence-electron chi connectivity index (χ4n) is 4.17. The molecule has 154 valence electrons. The molecule has 3 rings (SSSR count). The average Bonchev–Trinajstić information content (AvgIpc) is 3.29. The highest BCUT2D eigenvalue weighted by molar-refractivity contribution is 9.11. The summed E-state index contributed by atoms with van der Waals surface area (Å²) in [6.07, 6.45) is 4.84. The van der Waals surface area contributed by atoms with E-state index in [1.807, 2.05) is 32.9 Å². The van der Waals surface area contributed by atoms with Crippen molar-refractivity contribution in [1.29, 1.82) is 0 Å². The van der Waals surface area contributed by atoms with Crippen LogP contribution in [-0.2, 0) is 16.0 Å². The second-order valence-corrected chi connectivity index (χ2v) is 11.0. The number of carbonyl (C=O) groups excluding carboxylic acids is 2. The van der Waals surface area contributed by atoms with E-state index in [-0.39, 0.29) is 30.0 Å². The number of hydrogen-bond acceptors (Lipinski definition) is 5. The maximum atomic E-state index is 13.2. The predicted octanol–water partition coefficient (Wildman–Crippen LogP) is 4.03. The Bertz CT molecular complexity index is 758. The summed E-state index contributed by atoms with van der Waals surface area (Å²) >= 11 is 5.12. The van der Waals surface area contributed by atoms with Crippen molar-refractivity contribution >= 4 is 45.5 Å². The van der Waals surface area contributed by atoms with E-state index in [2.05, 4.69) is 26.2 Å². The lowest BCUT2D eigenvalue weighted by atomic mass is 9.97. The quantitative estimate of drug-likeness (QED) is 0.661. The van der Waals surface area contributed by atoms with Gasteiger partial charge in [0, 0.05) is 30.6 Å². The Morgan fingerprint density at radius 1 is 1.43 bits per heavy atom. The van der Waals surface area contributed by atoms with Crippen LogP contribution in [0.2, 0.25) is 0 Å². The first-order valence-electron chi connectivity index (χ1n) is 9.66. The van der Waals surface area contributed by atoms with Crippen molar-refractivity contribution in [3.63, 3.8) is 0 Å². The molecule has 1 saturated carbocycles. The molecule has 4 atom stereocenters. The van der Waals surface area contributed by atoms with Crippen molar-refractivity contribution in [2.45, 2.75) is 70.2 Å². The van der Waals surface area contributed by atoms with Crippen molar-refractivity contribution < 1.29 is 14.3 Å². The molecule has 0 radical (unpaired) electrons. The largest absolute Gasteiger partial charge is 0.444 e. The molecule has 6 nitrogen and oxygen atoms in total. The maximum absolute atomic E-state index is 13.2. The minimum atomic E-state index is -0.579.